The molecule has 2 bridgehead atoms. The maximum Gasteiger partial charge on any atom is 0.490 e. The lowest BCUT2D eigenvalue weighted by Gasteiger charge is -2.56. The van der Waals surface area contributed by atoms with Crippen molar-refractivity contribution in [3.63, 3.8) is 0 Å². The summed E-state index contributed by atoms with van der Waals surface area (Å²) in [7, 11) is 0. The number of hydrogen-bond donors (Lipinski definition) is 4. The van der Waals surface area contributed by atoms with Gasteiger partial charge in [-0.3, -0.25) is 0 Å². The molecular formula is C18H22F3NO4. The van der Waals surface area contributed by atoms with E-state index in [2.05, 4.69) is 5.32 Å². The summed E-state index contributed by atoms with van der Waals surface area (Å²) in [4.78, 5) is 8.90. The molecule has 2 fully saturated rings. The van der Waals surface area contributed by atoms with Crippen LogP contribution in [0.25, 0.3) is 0 Å². The molecule has 8 heteroatoms. The SMILES string of the molecule is O=C(O)C(F)(F)F.Oc1cc2c(cc1O)[C@]13CCCC[C@@H]1[C@H](C2)NCC3. The summed E-state index contributed by atoms with van der Waals surface area (Å²) in [6, 6.07) is 4.20. The van der Waals surface area contributed by atoms with Crippen LogP contribution in [0, 0.1) is 5.92 Å². The Balaban J connectivity index is 0.000000242. The van der Waals surface area contributed by atoms with Crippen molar-refractivity contribution in [2.24, 2.45) is 5.92 Å². The van der Waals surface area contributed by atoms with Gasteiger partial charge in [-0.2, -0.15) is 13.2 Å². The van der Waals surface area contributed by atoms with Crippen LogP contribution in [0.5, 0.6) is 11.5 Å². The maximum atomic E-state index is 10.6. The van der Waals surface area contributed by atoms with Crippen LogP contribution in [0.15, 0.2) is 12.1 Å². The summed E-state index contributed by atoms with van der Waals surface area (Å²) in [6.45, 7) is 1.09. The van der Waals surface area contributed by atoms with E-state index in [-0.39, 0.29) is 16.9 Å². The van der Waals surface area contributed by atoms with Crippen LogP contribution in [0.4, 0.5) is 13.2 Å². The molecule has 26 heavy (non-hydrogen) atoms. The molecule has 0 amide bonds. The molecule has 0 spiro atoms. The Morgan fingerprint density at radius 3 is 2.46 bits per heavy atom. The molecule has 1 saturated heterocycles. The van der Waals surface area contributed by atoms with Gasteiger partial charge in [0.15, 0.2) is 11.5 Å². The van der Waals surface area contributed by atoms with Gasteiger partial charge in [0.25, 0.3) is 0 Å². The summed E-state index contributed by atoms with van der Waals surface area (Å²) >= 11 is 0. The summed E-state index contributed by atoms with van der Waals surface area (Å²) in [5.74, 6) is -1.96. The van der Waals surface area contributed by atoms with E-state index >= 15 is 0 Å². The molecule has 0 unspecified atom stereocenters. The highest BCUT2D eigenvalue weighted by Gasteiger charge is 2.51. The van der Waals surface area contributed by atoms with Crippen molar-refractivity contribution in [2.75, 3.05) is 6.54 Å². The molecule has 0 radical (unpaired) electrons. The van der Waals surface area contributed by atoms with E-state index in [9.17, 15) is 23.4 Å². The maximum absolute atomic E-state index is 10.6. The molecule has 4 rings (SSSR count). The molecule has 0 aromatic heterocycles. The second-order valence-corrected chi connectivity index (χ2v) is 7.32. The average molecular weight is 373 g/mol. The van der Waals surface area contributed by atoms with Crippen LogP contribution in [0.1, 0.15) is 43.2 Å². The molecule has 3 aliphatic rings. The third-order valence-electron chi connectivity index (χ3n) is 5.98. The number of phenols is 2. The Kier molecular flexibility index (Phi) is 4.81. The van der Waals surface area contributed by atoms with Crippen molar-refractivity contribution in [3.8, 4) is 11.5 Å². The molecule has 2 aliphatic carbocycles. The number of aliphatic carboxylic acids is 1. The van der Waals surface area contributed by atoms with Crippen LogP contribution in [0.3, 0.4) is 0 Å². The zero-order chi connectivity index (χ0) is 19.1. The third kappa shape index (κ3) is 3.22. The minimum Gasteiger partial charge on any atom is -0.504 e. The van der Waals surface area contributed by atoms with E-state index in [0.717, 1.165) is 13.0 Å². The summed E-state index contributed by atoms with van der Waals surface area (Å²) in [5.41, 5.74) is 2.82. The fraction of sp³-hybridized carbons (Fsp3) is 0.611. The fourth-order valence-corrected chi connectivity index (χ4v) is 4.96. The van der Waals surface area contributed by atoms with Crippen molar-refractivity contribution in [1.29, 1.82) is 0 Å². The van der Waals surface area contributed by atoms with Gasteiger partial charge in [0.05, 0.1) is 0 Å². The zero-order valence-corrected chi connectivity index (χ0v) is 14.1. The van der Waals surface area contributed by atoms with Gasteiger partial charge in [-0.15, -0.1) is 0 Å². The lowest BCUT2D eigenvalue weighted by molar-refractivity contribution is -0.192. The molecule has 1 heterocycles. The first-order valence-corrected chi connectivity index (χ1v) is 8.74. The normalized spacial score (nSPS) is 29.7. The fourth-order valence-electron chi connectivity index (χ4n) is 4.96. The van der Waals surface area contributed by atoms with Crippen molar-refractivity contribution >= 4 is 5.97 Å². The minimum atomic E-state index is -5.08. The average Bonchev–Trinajstić information content (AvgIpc) is 2.57. The smallest absolute Gasteiger partial charge is 0.490 e. The molecule has 1 aliphatic heterocycles. The molecule has 1 aromatic rings. The van der Waals surface area contributed by atoms with Gasteiger partial charge in [-0.1, -0.05) is 12.8 Å². The lowest BCUT2D eigenvalue weighted by atomic mass is 9.53. The van der Waals surface area contributed by atoms with Crippen LogP contribution in [0.2, 0.25) is 0 Å². The van der Waals surface area contributed by atoms with Crippen molar-refractivity contribution in [3.05, 3.63) is 23.3 Å². The van der Waals surface area contributed by atoms with E-state index in [0.29, 0.717) is 12.0 Å². The molecule has 5 nitrogen and oxygen atoms in total. The Morgan fingerprint density at radius 1 is 1.15 bits per heavy atom. The van der Waals surface area contributed by atoms with Gasteiger partial charge in [0.1, 0.15) is 0 Å². The van der Waals surface area contributed by atoms with Gasteiger partial charge in [0.2, 0.25) is 0 Å². The number of carboxylic acids is 1. The van der Waals surface area contributed by atoms with Crippen LogP contribution in [-0.2, 0) is 16.6 Å². The topological polar surface area (TPSA) is 89.8 Å². The van der Waals surface area contributed by atoms with E-state index in [4.69, 9.17) is 9.90 Å². The molecule has 1 aromatic carbocycles. The Hall–Kier alpha value is -1.96. The van der Waals surface area contributed by atoms with Crippen LogP contribution >= 0.6 is 0 Å². The predicted octanol–water partition coefficient (Wildman–Crippen LogP) is 3.08. The standard InChI is InChI=1S/C16H21NO2.C2HF3O2/c18-14-8-10-7-13-11-3-1-2-4-16(11,5-6-17-13)12(10)9-15(14)19;3-2(4,5)1(6)7/h8-9,11,13,17-19H,1-7H2;(H,6,7)/t11-,13+,16+;/m1./s1. The second-order valence-electron chi connectivity index (χ2n) is 7.32. The first-order valence-electron chi connectivity index (χ1n) is 8.74. The van der Waals surface area contributed by atoms with Crippen LogP contribution in [-0.4, -0.2) is 40.1 Å². The number of nitrogens with one attached hydrogen (secondary N) is 1. The van der Waals surface area contributed by atoms with Gasteiger partial charge < -0.3 is 20.6 Å². The Labute approximate surface area is 148 Å². The number of carboxylic acid groups (broad SMARTS) is 1. The number of piperidine rings is 1. The molecule has 4 N–H and O–H groups in total. The molecule has 1 saturated carbocycles. The van der Waals surface area contributed by atoms with Crippen LogP contribution < -0.4 is 5.32 Å². The molecular weight excluding hydrogens is 351 g/mol. The van der Waals surface area contributed by atoms with Gasteiger partial charge in [0, 0.05) is 11.5 Å². The third-order valence-corrected chi connectivity index (χ3v) is 5.98. The first-order chi connectivity index (χ1) is 12.1. The predicted molar refractivity (Wildman–Crippen MR) is 87.2 cm³/mol. The molecule has 3 atom stereocenters. The highest BCUT2D eigenvalue weighted by Crippen LogP contribution is 2.55. The quantitative estimate of drug-likeness (QED) is 0.525. The number of halogens is 3. The number of benzene rings is 1. The van der Waals surface area contributed by atoms with E-state index < -0.39 is 12.1 Å². The highest BCUT2D eigenvalue weighted by atomic mass is 19.4. The Bertz CT molecular complexity index is 702. The van der Waals surface area contributed by atoms with Gasteiger partial charge >= 0.3 is 12.1 Å². The van der Waals surface area contributed by atoms with E-state index in [1.165, 1.54) is 43.2 Å². The minimum absolute atomic E-state index is 0.0301. The number of hydrogen-bond acceptors (Lipinski definition) is 4. The largest absolute Gasteiger partial charge is 0.504 e. The van der Waals surface area contributed by atoms with Crippen molar-refractivity contribution in [2.45, 2.75) is 56.2 Å². The Morgan fingerprint density at radius 2 is 1.81 bits per heavy atom. The zero-order valence-electron chi connectivity index (χ0n) is 14.1. The van der Waals surface area contributed by atoms with Crippen molar-refractivity contribution in [1.82, 2.24) is 5.32 Å². The monoisotopic (exact) mass is 373 g/mol. The van der Waals surface area contributed by atoms with E-state index in [1.54, 1.807) is 6.07 Å². The highest BCUT2D eigenvalue weighted by molar-refractivity contribution is 5.73. The van der Waals surface area contributed by atoms with E-state index in [1.807, 2.05) is 6.07 Å². The molecule has 144 valence electrons. The lowest BCUT2D eigenvalue weighted by Crippen LogP contribution is -2.59. The second kappa shape index (κ2) is 6.64. The summed E-state index contributed by atoms with van der Waals surface area (Å²) in [5, 5.41) is 30.5. The number of phenolic OH excluding ortho intramolecular Hbond substituents is 2. The van der Waals surface area contributed by atoms with Gasteiger partial charge in [-0.05, 0) is 61.4 Å². The first kappa shape index (κ1) is 18.8. The number of rotatable bonds is 0. The number of aromatic hydroxyl groups is 2. The summed E-state index contributed by atoms with van der Waals surface area (Å²) in [6.07, 6.45) is 2.26. The number of carbonyl (C=O) groups is 1. The van der Waals surface area contributed by atoms with Gasteiger partial charge in [-0.25, -0.2) is 4.79 Å². The number of alkyl halides is 3. The van der Waals surface area contributed by atoms with Crippen molar-refractivity contribution < 1.29 is 33.3 Å². The number of fused-ring (bicyclic) bond motifs is 1. The summed E-state index contributed by atoms with van der Waals surface area (Å²) < 4.78 is 31.7.